The Hall–Kier alpha value is -4.37. The number of methoxy groups -OCH3 is 2. The molecule has 1 aromatic heterocycles. The Morgan fingerprint density at radius 2 is 1.77 bits per heavy atom. The molecule has 5 rings (SSSR count). The van der Waals surface area contributed by atoms with E-state index >= 15 is 0 Å². The number of aromatic nitrogens is 1. The minimum Gasteiger partial charge on any atom is -0.497 e. The number of hydrogen-bond acceptors (Lipinski definition) is 7. The lowest BCUT2D eigenvalue weighted by atomic mass is 9.93. The number of thiazole rings is 1. The second kappa shape index (κ2) is 13.5. The van der Waals surface area contributed by atoms with Gasteiger partial charge in [0.1, 0.15) is 23.3 Å². The summed E-state index contributed by atoms with van der Waals surface area (Å²) >= 11 is 1.30. The first-order valence-electron chi connectivity index (χ1n) is 15.0. The molecule has 3 aromatic carbocycles. The van der Waals surface area contributed by atoms with E-state index in [1.807, 2.05) is 69.3 Å². The summed E-state index contributed by atoms with van der Waals surface area (Å²) in [5.74, 6) is 1.70. The SMILES string of the molecule is CCCCOc1ccc2ccccc2c1/C=c1/sc2n(c1=O)[C@H](c1cc(OC)ccc1OC)C(C(=O)N(CC)CC)=C(C)N=2. The fourth-order valence-electron chi connectivity index (χ4n) is 5.63. The second-order valence-electron chi connectivity index (χ2n) is 10.6. The summed E-state index contributed by atoms with van der Waals surface area (Å²) in [5.41, 5.74) is 2.26. The number of likely N-dealkylation sites (N-methyl/N-ethyl adjacent to an activating group) is 1. The molecule has 4 aromatic rings. The van der Waals surface area contributed by atoms with Gasteiger partial charge in [0, 0.05) is 24.2 Å². The Bertz CT molecular complexity index is 1900. The minimum absolute atomic E-state index is 0.166. The van der Waals surface area contributed by atoms with Crippen LogP contribution in [0.1, 0.15) is 57.7 Å². The van der Waals surface area contributed by atoms with Gasteiger partial charge < -0.3 is 19.1 Å². The normalized spacial score (nSPS) is 14.8. The summed E-state index contributed by atoms with van der Waals surface area (Å²) in [6, 6.07) is 16.8. The predicted molar refractivity (Wildman–Crippen MR) is 176 cm³/mol. The largest absolute Gasteiger partial charge is 0.497 e. The third-order valence-corrected chi connectivity index (χ3v) is 8.98. The van der Waals surface area contributed by atoms with E-state index in [0.717, 1.165) is 34.9 Å². The summed E-state index contributed by atoms with van der Waals surface area (Å²) in [7, 11) is 3.17. The highest BCUT2D eigenvalue weighted by Crippen LogP contribution is 2.38. The van der Waals surface area contributed by atoms with Crippen LogP contribution in [0.4, 0.5) is 0 Å². The average molecular weight is 614 g/mol. The molecular formula is C35H39N3O5S. The number of carbonyl (C=O) groups is 1. The van der Waals surface area contributed by atoms with E-state index in [9.17, 15) is 9.59 Å². The van der Waals surface area contributed by atoms with Gasteiger partial charge in [0.15, 0.2) is 4.80 Å². The fourth-order valence-corrected chi connectivity index (χ4v) is 6.66. The van der Waals surface area contributed by atoms with Gasteiger partial charge in [-0.15, -0.1) is 0 Å². The molecule has 1 aliphatic heterocycles. The molecule has 0 bridgehead atoms. The molecule has 0 spiro atoms. The van der Waals surface area contributed by atoms with Crippen molar-refractivity contribution in [1.29, 1.82) is 0 Å². The maximum atomic E-state index is 14.5. The number of nitrogens with zero attached hydrogens (tertiary/aromatic N) is 3. The van der Waals surface area contributed by atoms with Crippen LogP contribution >= 0.6 is 11.3 Å². The van der Waals surface area contributed by atoms with Crippen molar-refractivity contribution in [3.8, 4) is 17.2 Å². The molecule has 44 heavy (non-hydrogen) atoms. The van der Waals surface area contributed by atoms with Crippen LogP contribution in [-0.2, 0) is 4.79 Å². The summed E-state index contributed by atoms with van der Waals surface area (Å²) in [4.78, 5) is 35.6. The van der Waals surface area contributed by atoms with Crippen molar-refractivity contribution in [3.63, 3.8) is 0 Å². The Kier molecular flexibility index (Phi) is 9.54. The monoisotopic (exact) mass is 613 g/mol. The lowest BCUT2D eigenvalue weighted by Crippen LogP contribution is -2.43. The molecule has 9 heteroatoms. The molecule has 0 unspecified atom stereocenters. The Morgan fingerprint density at radius 3 is 2.48 bits per heavy atom. The number of fused-ring (bicyclic) bond motifs is 2. The topological polar surface area (TPSA) is 82.4 Å². The van der Waals surface area contributed by atoms with Crippen LogP contribution in [0.25, 0.3) is 16.8 Å². The zero-order valence-electron chi connectivity index (χ0n) is 26.2. The maximum Gasteiger partial charge on any atom is 0.271 e. The molecule has 0 N–H and O–H groups in total. The molecule has 0 radical (unpaired) electrons. The third kappa shape index (κ3) is 5.76. The van der Waals surface area contributed by atoms with Gasteiger partial charge in [-0.1, -0.05) is 55.0 Å². The predicted octanol–water partition coefficient (Wildman–Crippen LogP) is 5.45. The Balaban J connectivity index is 1.79. The number of hydrogen-bond donors (Lipinski definition) is 0. The van der Waals surface area contributed by atoms with E-state index in [1.165, 1.54) is 11.3 Å². The van der Waals surface area contributed by atoms with E-state index in [4.69, 9.17) is 19.2 Å². The van der Waals surface area contributed by atoms with E-state index < -0.39 is 6.04 Å². The molecule has 0 saturated carbocycles. The van der Waals surface area contributed by atoms with Gasteiger partial charge in [0.25, 0.3) is 11.5 Å². The maximum absolute atomic E-state index is 14.5. The van der Waals surface area contributed by atoms with Gasteiger partial charge in [-0.25, -0.2) is 4.99 Å². The van der Waals surface area contributed by atoms with Gasteiger partial charge in [-0.3, -0.25) is 14.2 Å². The van der Waals surface area contributed by atoms with E-state index in [-0.39, 0.29) is 11.5 Å². The van der Waals surface area contributed by atoms with Crippen molar-refractivity contribution in [1.82, 2.24) is 9.47 Å². The summed E-state index contributed by atoms with van der Waals surface area (Å²) in [5, 5.41) is 2.04. The highest BCUT2D eigenvalue weighted by molar-refractivity contribution is 7.07. The quantitative estimate of drug-likeness (QED) is 0.210. The molecule has 0 aliphatic carbocycles. The van der Waals surface area contributed by atoms with Crippen LogP contribution in [-0.4, -0.2) is 49.3 Å². The number of amides is 1. The van der Waals surface area contributed by atoms with Gasteiger partial charge in [0.2, 0.25) is 0 Å². The number of benzene rings is 3. The molecule has 0 fully saturated rings. The van der Waals surface area contributed by atoms with Crippen molar-refractivity contribution in [3.05, 3.63) is 96.7 Å². The van der Waals surface area contributed by atoms with Gasteiger partial charge in [-0.2, -0.15) is 0 Å². The van der Waals surface area contributed by atoms with Crippen LogP contribution in [0.5, 0.6) is 17.2 Å². The summed E-state index contributed by atoms with van der Waals surface area (Å²) < 4.78 is 19.7. The van der Waals surface area contributed by atoms with Crippen molar-refractivity contribution in [2.24, 2.45) is 4.99 Å². The molecule has 230 valence electrons. The molecule has 2 heterocycles. The van der Waals surface area contributed by atoms with Crippen molar-refractivity contribution in [2.45, 2.75) is 46.6 Å². The van der Waals surface area contributed by atoms with Crippen LogP contribution in [0.2, 0.25) is 0 Å². The highest BCUT2D eigenvalue weighted by atomic mass is 32.1. The third-order valence-electron chi connectivity index (χ3n) is 8.00. The summed E-state index contributed by atoms with van der Waals surface area (Å²) in [6.07, 6.45) is 3.85. The first-order chi connectivity index (χ1) is 21.4. The number of rotatable bonds is 11. The van der Waals surface area contributed by atoms with Gasteiger partial charge >= 0.3 is 0 Å². The van der Waals surface area contributed by atoms with E-state index in [2.05, 4.69) is 6.92 Å². The lowest BCUT2D eigenvalue weighted by molar-refractivity contribution is -0.127. The van der Waals surface area contributed by atoms with Crippen LogP contribution in [0.15, 0.2) is 75.7 Å². The lowest BCUT2D eigenvalue weighted by Gasteiger charge is -2.30. The average Bonchev–Trinajstić information content (AvgIpc) is 3.35. The summed E-state index contributed by atoms with van der Waals surface area (Å²) in [6.45, 7) is 9.48. The van der Waals surface area contributed by atoms with Crippen LogP contribution in [0, 0.1) is 0 Å². The van der Waals surface area contributed by atoms with Crippen molar-refractivity contribution < 1.29 is 19.0 Å². The molecule has 1 atom stereocenters. The molecule has 1 aliphatic rings. The van der Waals surface area contributed by atoms with Gasteiger partial charge in [0.05, 0.1) is 36.6 Å². The molecule has 1 amide bonds. The first-order valence-corrected chi connectivity index (χ1v) is 15.9. The zero-order chi connectivity index (χ0) is 31.4. The number of allylic oxidation sites excluding steroid dienone is 1. The molecular weight excluding hydrogens is 574 g/mol. The van der Waals surface area contributed by atoms with Crippen LogP contribution < -0.4 is 29.1 Å². The van der Waals surface area contributed by atoms with Crippen molar-refractivity contribution in [2.75, 3.05) is 33.9 Å². The standard InChI is InChI=1S/C35H39N3O5S/c1-7-10-19-43-29-17-15-23-13-11-12-14-25(23)26(29)21-30-33(39)38-32(27-20-24(41-5)16-18-28(27)42-6)31(22(4)36-35(38)44-30)34(40)37(8-2)9-3/h11-18,20-21,32H,7-10,19H2,1-6H3/b30-21+/t32-/m1/s1. The number of unbranched alkanes of at least 4 members (excludes halogenated alkanes) is 1. The van der Waals surface area contributed by atoms with E-state index in [1.54, 1.807) is 35.8 Å². The Labute approximate surface area is 261 Å². The number of ether oxygens (including phenoxy) is 3. The minimum atomic E-state index is -0.764. The zero-order valence-corrected chi connectivity index (χ0v) is 27.0. The number of carbonyl (C=O) groups excluding carboxylic acids is 1. The molecule has 0 saturated heterocycles. The second-order valence-corrected chi connectivity index (χ2v) is 11.6. The first kappa shape index (κ1) is 31.1. The smallest absolute Gasteiger partial charge is 0.271 e. The van der Waals surface area contributed by atoms with E-state index in [0.29, 0.717) is 57.4 Å². The highest BCUT2D eigenvalue weighted by Gasteiger charge is 2.36. The van der Waals surface area contributed by atoms with Crippen LogP contribution in [0.3, 0.4) is 0 Å². The Morgan fingerprint density at radius 1 is 1.02 bits per heavy atom. The molecule has 8 nitrogen and oxygen atoms in total. The van der Waals surface area contributed by atoms with Crippen molar-refractivity contribution >= 4 is 34.1 Å². The van der Waals surface area contributed by atoms with Gasteiger partial charge in [-0.05, 0) is 68.3 Å². The fraction of sp³-hybridized carbons (Fsp3) is 0.343.